The maximum absolute atomic E-state index is 12.5. The molecule has 1 aromatic rings. The maximum atomic E-state index is 12.5. The van der Waals surface area contributed by atoms with E-state index in [0.29, 0.717) is 32.7 Å². The third-order valence-corrected chi connectivity index (χ3v) is 7.17. The van der Waals surface area contributed by atoms with Gasteiger partial charge in [-0.25, -0.2) is 12.7 Å². The number of ether oxygens (including phenoxy) is 1. The number of hydrogen-bond acceptors (Lipinski definition) is 4. The lowest BCUT2D eigenvalue weighted by Crippen LogP contribution is -2.47. The summed E-state index contributed by atoms with van der Waals surface area (Å²) in [6, 6.07) is 7.98. The van der Waals surface area contributed by atoms with Crippen molar-refractivity contribution in [2.24, 2.45) is 11.8 Å². The predicted molar refractivity (Wildman–Crippen MR) is 101 cm³/mol. The first-order valence-electron chi connectivity index (χ1n) is 9.46. The van der Waals surface area contributed by atoms with Crippen molar-refractivity contribution in [3.8, 4) is 5.75 Å². The van der Waals surface area contributed by atoms with Gasteiger partial charge in [0.1, 0.15) is 5.75 Å². The number of piperidine rings is 1. The van der Waals surface area contributed by atoms with Crippen molar-refractivity contribution in [3.63, 3.8) is 0 Å². The van der Waals surface area contributed by atoms with E-state index in [0.717, 1.165) is 25.0 Å². The van der Waals surface area contributed by atoms with E-state index in [-0.39, 0.29) is 23.5 Å². The van der Waals surface area contributed by atoms with Crippen LogP contribution >= 0.6 is 0 Å². The van der Waals surface area contributed by atoms with E-state index in [1.807, 2.05) is 25.1 Å². The smallest absolute Gasteiger partial charge is 0.224 e. The number of fused-ring (bicyclic) bond motifs is 1. The zero-order valence-electron chi connectivity index (χ0n) is 15.3. The maximum Gasteiger partial charge on any atom is 0.224 e. The van der Waals surface area contributed by atoms with E-state index in [4.69, 9.17) is 4.74 Å². The van der Waals surface area contributed by atoms with Crippen molar-refractivity contribution in [3.05, 3.63) is 29.8 Å². The molecule has 2 atom stereocenters. The Morgan fingerprint density at radius 2 is 2.15 bits per heavy atom. The summed E-state index contributed by atoms with van der Waals surface area (Å²) in [7, 11) is -3.24. The van der Waals surface area contributed by atoms with Crippen LogP contribution in [0.15, 0.2) is 24.3 Å². The zero-order chi connectivity index (χ0) is 18.6. The molecule has 2 aliphatic heterocycles. The second-order valence-corrected chi connectivity index (χ2v) is 9.34. The first kappa shape index (κ1) is 19.2. The van der Waals surface area contributed by atoms with Gasteiger partial charge in [0, 0.05) is 25.6 Å². The molecule has 1 aromatic carbocycles. The number of carbonyl (C=O) groups is 1. The normalized spacial score (nSPS) is 23.7. The van der Waals surface area contributed by atoms with Gasteiger partial charge >= 0.3 is 0 Å². The lowest BCUT2D eigenvalue weighted by molar-refractivity contribution is -0.126. The van der Waals surface area contributed by atoms with Gasteiger partial charge in [0.05, 0.1) is 18.3 Å². The Labute approximate surface area is 156 Å². The highest BCUT2D eigenvalue weighted by Crippen LogP contribution is 2.26. The SMILES string of the molecule is CCCS(=O)(=O)N1CCCC(C(=O)NCC2COc3ccccc3C2)C1. The Kier molecular flexibility index (Phi) is 6.19. The number of amides is 1. The second kappa shape index (κ2) is 8.39. The molecular formula is C19H28N2O4S. The summed E-state index contributed by atoms with van der Waals surface area (Å²) in [4.78, 5) is 12.5. The van der Waals surface area contributed by atoms with E-state index < -0.39 is 10.0 Å². The molecule has 2 aliphatic rings. The minimum atomic E-state index is -3.24. The molecule has 2 unspecified atom stereocenters. The summed E-state index contributed by atoms with van der Waals surface area (Å²) in [5.74, 6) is 1.03. The number of para-hydroxylation sites is 1. The molecule has 144 valence electrons. The molecule has 0 saturated carbocycles. The average molecular weight is 381 g/mol. The molecule has 3 rings (SSSR count). The second-order valence-electron chi connectivity index (χ2n) is 7.25. The van der Waals surface area contributed by atoms with E-state index in [2.05, 4.69) is 11.4 Å². The molecule has 7 heteroatoms. The van der Waals surface area contributed by atoms with Gasteiger partial charge in [0.15, 0.2) is 0 Å². The van der Waals surface area contributed by atoms with Crippen LogP contribution in [0.3, 0.4) is 0 Å². The van der Waals surface area contributed by atoms with Crippen molar-refractivity contribution >= 4 is 15.9 Å². The molecule has 6 nitrogen and oxygen atoms in total. The number of rotatable bonds is 6. The molecule has 1 amide bonds. The van der Waals surface area contributed by atoms with Crippen molar-refractivity contribution in [2.75, 3.05) is 32.0 Å². The highest BCUT2D eigenvalue weighted by Gasteiger charge is 2.32. The first-order valence-corrected chi connectivity index (χ1v) is 11.1. The minimum Gasteiger partial charge on any atom is -0.493 e. The molecule has 0 aliphatic carbocycles. The third-order valence-electron chi connectivity index (χ3n) is 5.13. The number of hydrogen-bond donors (Lipinski definition) is 1. The number of sulfonamides is 1. The van der Waals surface area contributed by atoms with Crippen LogP contribution in [0.5, 0.6) is 5.75 Å². The Bertz CT molecular complexity index is 735. The number of nitrogens with zero attached hydrogens (tertiary/aromatic N) is 1. The molecule has 26 heavy (non-hydrogen) atoms. The van der Waals surface area contributed by atoms with Gasteiger partial charge in [0.2, 0.25) is 15.9 Å². The summed E-state index contributed by atoms with van der Waals surface area (Å²) in [6.07, 6.45) is 2.96. The highest BCUT2D eigenvalue weighted by molar-refractivity contribution is 7.89. The summed E-state index contributed by atoms with van der Waals surface area (Å²) >= 11 is 0. The average Bonchev–Trinajstić information content (AvgIpc) is 2.66. The minimum absolute atomic E-state index is 0.0414. The lowest BCUT2D eigenvalue weighted by Gasteiger charge is -2.32. The van der Waals surface area contributed by atoms with Gasteiger partial charge in [-0.3, -0.25) is 4.79 Å². The monoisotopic (exact) mass is 380 g/mol. The van der Waals surface area contributed by atoms with Crippen molar-refractivity contribution < 1.29 is 17.9 Å². The van der Waals surface area contributed by atoms with Crippen molar-refractivity contribution in [1.29, 1.82) is 0 Å². The zero-order valence-corrected chi connectivity index (χ0v) is 16.1. The largest absolute Gasteiger partial charge is 0.493 e. The van der Waals surface area contributed by atoms with Gasteiger partial charge in [-0.05, 0) is 37.3 Å². The molecule has 0 bridgehead atoms. The Balaban J connectivity index is 1.51. The van der Waals surface area contributed by atoms with E-state index >= 15 is 0 Å². The summed E-state index contributed by atoms with van der Waals surface area (Å²) < 4.78 is 31.8. The fourth-order valence-corrected chi connectivity index (χ4v) is 5.30. The Morgan fingerprint density at radius 1 is 1.35 bits per heavy atom. The van der Waals surface area contributed by atoms with E-state index in [1.54, 1.807) is 0 Å². The quantitative estimate of drug-likeness (QED) is 0.817. The van der Waals surface area contributed by atoms with Crippen LogP contribution in [-0.4, -0.2) is 50.6 Å². The summed E-state index contributed by atoms with van der Waals surface area (Å²) in [5.41, 5.74) is 1.17. The first-order chi connectivity index (χ1) is 12.5. The van der Waals surface area contributed by atoms with Crippen LogP contribution < -0.4 is 10.1 Å². The fourth-order valence-electron chi connectivity index (χ4n) is 3.71. The van der Waals surface area contributed by atoms with Gasteiger partial charge in [-0.2, -0.15) is 0 Å². The van der Waals surface area contributed by atoms with Gasteiger partial charge in [0.25, 0.3) is 0 Å². The molecule has 1 saturated heterocycles. The molecule has 2 heterocycles. The highest BCUT2D eigenvalue weighted by atomic mass is 32.2. The standard InChI is InChI=1S/C19H28N2O4S/c1-2-10-26(23,24)21-9-5-7-17(13-21)19(22)20-12-15-11-16-6-3-4-8-18(16)25-14-15/h3-4,6,8,15,17H,2,5,7,9-14H2,1H3,(H,20,22). The Hall–Kier alpha value is -1.60. The predicted octanol–water partition coefficient (Wildman–Crippen LogP) is 1.81. The van der Waals surface area contributed by atoms with Gasteiger partial charge in [-0.15, -0.1) is 0 Å². The van der Waals surface area contributed by atoms with Crippen molar-refractivity contribution in [1.82, 2.24) is 9.62 Å². The van der Waals surface area contributed by atoms with Gasteiger partial charge in [-0.1, -0.05) is 25.1 Å². The number of benzene rings is 1. The van der Waals surface area contributed by atoms with Crippen molar-refractivity contribution in [2.45, 2.75) is 32.6 Å². The summed E-state index contributed by atoms with van der Waals surface area (Å²) in [5, 5.41) is 3.02. The fraction of sp³-hybridized carbons (Fsp3) is 0.632. The molecule has 0 radical (unpaired) electrons. The summed E-state index contributed by atoms with van der Waals surface area (Å²) in [6.45, 7) is 3.85. The van der Waals surface area contributed by atoms with Crippen LogP contribution in [0, 0.1) is 11.8 Å². The lowest BCUT2D eigenvalue weighted by atomic mass is 9.95. The topological polar surface area (TPSA) is 75.7 Å². The number of carbonyl (C=O) groups excluding carboxylic acids is 1. The number of nitrogens with one attached hydrogen (secondary N) is 1. The van der Waals surface area contributed by atoms with Gasteiger partial charge < -0.3 is 10.1 Å². The molecule has 1 fully saturated rings. The third kappa shape index (κ3) is 4.57. The van der Waals surface area contributed by atoms with E-state index in [9.17, 15) is 13.2 Å². The Morgan fingerprint density at radius 3 is 2.96 bits per heavy atom. The van der Waals surface area contributed by atoms with Crippen LogP contribution in [0.1, 0.15) is 31.7 Å². The van der Waals surface area contributed by atoms with Crippen LogP contribution in [-0.2, 0) is 21.2 Å². The van der Waals surface area contributed by atoms with Crippen LogP contribution in [0.25, 0.3) is 0 Å². The molecule has 0 aromatic heterocycles. The molecule has 1 N–H and O–H groups in total. The van der Waals surface area contributed by atoms with Crippen LogP contribution in [0.2, 0.25) is 0 Å². The van der Waals surface area contributed by atoms with Crippen LogP contribution in [0.4, 0.5) is 0 Å². The molecule has 0 spiro atoms. The molecular weight excluding hydrogens is 352 g/mol. The van der Waals surface area contributed by atoms with E-state index in [1.165, 1.54) is 9.87 Å².